The summed E-state index contributed by atoms with van der Waals surface area (Å²) < 4.78 is 59.7. The van der Waals surface area contributed by atoms with Gasteiger partial charge in [-0.05, 0) is 36.4 Å². The molecule has 27 heavy (non-hydrogen) atoms. The fourth-order valence-electron chi connectivity index (χ4n) is 2.40. The maximum absolute atomic E-state index is 13.9. The third-order valence-electron chi connectivity index (χ3n) is 3.73. The Kier molecular flexibility index (Phi) is 4.83. The van der Waals surface area contributed by atoms with Crippen LogP contribution in [-0.4, -0.2) is 20.5 Å². The summed E-state index contributed by atoms with van der Waals surface area (Å²) in [7, 11) is -2.71. The normalized spacial score (nSPS) is 11.0. The predicted octanol–water partition coefficient (Wildman–Crippen LogP) is 3.64. The molecule has 0 aliphatic carbocycles. The molecule has 2 N–H and O–H groups in total. The maximum Gasteiger partial charge on any atom is 0.263 e. The van der Waals surface area contributed by atoms with Crippen molar-refractivity contribution in [2.45, 2.75) is 4.90 Å². The van der Waals surface area contributed by atoms with Gasteiger partial charge >= 0.3 is 0 Å². The molecule has 0 atom stereocenters. The Labute approximate surface area is 154 Å². The van der Waals surface area contributed by atoms with E-state index in [1.807, 2.05) is 0 Å². The number of nitrogens with one attached hydrogen (secondary N) is 2. The van der Waals surface area contributed by atoms with Crippen molar-refractivity contribution in [3.8, 4) is 23.1 Å². The minimum absolute atomic E-state index is 0.0689. The highest BCUT2D eigenvalue weighted by Crippen LogP contribution is 2.27. The molecule has 0 unspecified atom stereocenters. The van der Waals surface area contributed by atoms with Crippen LogP contribution in [-0.2, 0) is 10.0 Å². The van der Waals surface area contributed by atoms with E-state index in [4.69, 9.17) is 10.00 Å². The van der Waals surface area contributed by atoms with Crippen LogP contribution in [0, 0.1) is 23.0 Å². The van der Waals surface area contributed by atoms with E-state index in [0.29, 0.717) is 11.3 Å². The molecule has 1 heterocycles. The number of H-pyrrole nitrogens is 1. The molecule has 0 radical (unpaired) electrons. The molecular formula is C18H13F2N3O3S. The summed E-state index contributed by atoms with van der Waals surface area (Å²) >= 11 is 0. The van der Waals surface area contributed by atoms with Gasteiger partial charge in [-0.1, -0.05) is 0 Å². The van der Waals surface area contributed by atoms with Crippen LogP contribution in [0.2, 0.25) is 0 Å². The number of rotatable bonds is 5. The van der Waals surface area contributed by atoms with Crippen LogP contribution in [0.25, 0.3) is 11.3 Å². The number of sulfonamides is 1. The SMILES string of the molecule is COc1cc(F)cc(-c2cc(S(=O)(=O)Nc3ccc(C#N)cc3F)c[nH]2)c1. The molecule has 0 amide bonds. The minimum atomic E-state index is -4.10. The van der Waals surface area contributed by atoms with Gasteiger partial charge in [0.15, 0.2) is 0 Å². The summed E-state index contributed by atoms with van der Waals surface area (Å²) in [5, 5.41) is 8.74. The van der Waals surface area contributed by atoms with Crippen molar-refractivity contribution in [1.29, 1.82) is 5.26 Å². The summed E-state index contributed by atoms with van der Waals surface area (Å²) in [5.41, 5.74) is 0.509. The van der Waals surface area contributed by atoms with Crippen LogP contribution in [0.5, 0.6) is 5.75 Å². The quantitative estimate of drug-likeness (QED) is 0.696. The maximum atomic E-state index is 13.9. The molecule has 138 valence electrons. The number of methoxy groups -OCH3 is 1. The lowest BCUT2D eigenvalue weighted by molar-refractivity contribution is 0.411. The van der Waals surface area contributed by atoms with E-state index in [2.05, 4.69) is 9.71 Å². The summed E-state index contributed by atoms with van der Waals surface area (Å²) in [6, 6.07) is 10.4. The van der Waals surface area contributed by atoms with Gasteiger partial charge in [0, 0.05) is 23.5 Å². The number of nitrogens with zero attached hydrogens (tertiary/aromatic N) is 1. The number of ether oxygens (including phenoxy) is 1. The smallest absolute Gasteiger partial charge is 0.263 e. The van der Waals surface area contributed by atoms with Gasteiger partial charge < -0.3 is 9.72 Å². The van der Waals surface area contributed by atoms with Gasteiger partial charge in [0.2, 0.25) is 0 Å². The highest BCUT2D eigenvalue weighted by Gasteiger charge is 2.19. The number of hydrogen-bond acceptors (Lipinski definition) is 4. The van der Waals surface area contributed by atoms with Crippen LogP contribution in [0.4, 0.5) is 14.5 Å². The van der Waals surface area contributed by atoms with Gasteiger partial charge in [-0.3, -0.25) is 4.72 Å². The van der Waals surface area contributed by atoms with Crippen molar-refractivity contribution in [3.63, 3.8) is 0 Å². The second-order valence-corrected chi connectivity index (χ2v) is 7.22. The Morgan fingerprint density at radius 3 is 2.59 bits per heavy atom. The molecule has 0 spiro atoms. The van der Waals surface area contributed by atoms with E-state index in [9.17, 15) is 17.2 Å². The Morgan fingerprint density at radius 2 is 1.93 bits per heavy atom. The van der Waals surface area contributed by atoms with Crippen molar-refractivity contribution >= 4 is 15.7 Å². The van der Waals surface area contributed by atoms with Crippen LogP contribution in [0.1, 0.15) is 5.56 Å². The largest absolute Gasteiger partial charge is 0.497 e. The van der Waals surface area contributed by atoms with Crippen molar-refractivity contribution in [2.24, 2.45) is 0 Å². The lowest BCUT2D eigenvalue weighted by Gasteiger charge is -2.07. The molecule has 2 aromatic carbocycles. The first-order valence-electron chi connectivity index (χ1n) is 7.58. The lowest BCUT2D eigenvalue weighted by Crippen LogP contribution is -2.13. The van der Waals surface area contributed by atoms with Gasteiger partial charge in [-0.25, -0.2) is 17.2 Å². The Balaban J connectivity index is 1.91. The standard InChI is InChI=1S/C18H13F2N3O3S/c1-26-14-6-12(5-13(19)7-14)18-8-15(10-22-18)27(24,25)23-17-3-2-11(9-21)4-16(17)20/h2-8,10,22-23H,1H3. The van der Waals surface area contributed by atoms with Crippen LogP contribution < -0.4 is 9.46 Å². The monoisotopic (exact) mass is 389 g/mol. The molecule has 0 aliphatic rings. The Bertz CT molecular complexity index is 1150. The van der Waals surface area contributed by atoms with Gasteiger partial charge in [0.05, 0.1) is 24.4 Å². The van der Waals surface area contributed by atoms with Crippen LogP contribution in [0.3, 0.4) is 0 Å². The third-order valence-corrected chi connectivity index (χ3v) is 5.07. The topological polar surface area (TPSA) is 95.0 Å². The molecule has 1 aromatic heterocycles. The second-order valence-electron chi connectivity index (χ2n) is 5.54. The van der Waals surface area contributed by atoms with Gasteiger partial charge in [-0.2, -0.15) is 5.26 Å². The first-order valence-corrected chi connectivity index (χ1v) is 9.06. The first kappa shape index (κ1) is 18.4. The zero-order valence-electron chi connectivity index (χ0n) is 14.0. The van der Waals surface area contributed by atoms with Crippen molar-refractivity contribution in [2.75, 3.05) is 11.8 Å². The number of nitriles is 1. The molecule has 0 aliphatic heterocycles. The van der Waals surface area contributed by atoms with E-state index in [0.717, 1.165) is 12.1 Å². The fraction of sp³-hybridized carbons (Fsp3) is 0.0556. The molecule has 6 nitrogen and oxygen atoms in total. The number of aromatic amines is 1. The molecular weight excluding hydrogens is 376 g/mol. The molecule has 0 saturated carbocycles. The third kappa shape index (κ3) is 3.91. The van der Waals surface area contributed by atoms with E-state index in [1.54, 1.807) is 12.1 Å². The van der Waals surface area contributed by atoms with Crippen molar-refractivity contribution in [1.82, 2.24) is 4.98 Å². The highest BCUT2D eigenvalue weighted by atomic mass is 32.2. The van der Waals surface area contributed by atoms with Crippen LogP contribution in [0.15, 0.2) is 53.6 Å². The number of hydrogen-bond donors (Lipinski definition) is 2. The zero-order valence-corrected chi connectivity index (χ0v) is 14.8. The van der Waals surface area contributed by atoms with E-state index in [1.165, 1.54) is 37.6 Å². The molecule has 0 saturated heterocycles. The molecule has 0 bridgehead atoms. The van der Waals surface area contributed by atoms with E-state index >= 15 is 0 Å². The first-order chi connectivity index (χ1) is 12.8. The summed E-state index contributed by atoms with van der Waals surface area (Å²) in [5.74, 6) is -1.13. The summed E-state index contributed by atoms with van der Waals surface area (Å²) in [6.45, 7) is 0. The van der Waals surface area contributed by atoms with E-state index < -0.39 is 21.7 Å². The average molecular weight is 389 g/mol. The fourth-order valence-corrected chi connectivity index (χ4v) is 3.46. The number of anilines is 1. The lowest BCUT2D eigenvalue weighted by atomic mass is 10.1. The van der Waals surface area contributed by atoms with E-state index in [-0.39, 0.29) is 21.9 Å². The van der Waals surface area contributed by atoms with Crippen molar-refractivity contribution in [3.05, 3.63) is 65.9 Å². The highest BCUT2D eigenvalue weighted by molar-refractivity contribution is 7.92. The predicted molar refractivity (Wildman–Crippen MR) is 94.7 cm³/mol. The Hall–Kier alpha value is -3.38. The zero-order chi connectivity index (χ0) is 19.6. The van der Waals surface area contributed by atoms with Crippen molar-refractivity contribution < 1.29 is 21.9 Å². The van der Waals surface area contributed by atoms with Gasteiger partial charge in [0.25, 0.3) is 10.0 Å². The molecule has 3 rings (SSSR count). The summed E-state index contributed by atoms with van der Waals surface area (Å²) in [6.07, 6.45) is 1.20. The minimum Gasteiger partial charge on any atom is -0.497 e. The molecule has 3 aromatic rings. The van der Waals surface area contributed by atoms with Gasteiger partial charge in [-0.15, -0.1) is 0 Å². The Morgan fingerprint density at radius 1 is 1.15 bits per heavy atom. The van der Waals surface area contributed by atoms with Crippen LogP contribution >= 0.6 is 0 Å². The summed E-state index contributed by atoms with van der Waals surface area (Å²) in [4.78, 5) is 2.58. The average Bonchev–Trinajstić information content (AvgIpc) is 3.14. The molecule has 0 fully saturated rings. The number of halogens is 2. The second kappa shape index (κ2) is 7.09. The van der Waals surface area contributed by atoms with Gasteiger partial charge in [0.1, 0.15) is 22.3 Å². The molecule has 9 heteroatoms. The number of benzene rings is 2. The number of aromatic nitrogens is 1.